The third kappa shape index (κ3) is 7.31. The number of unbranched alkanes of at least 4 members (excludes halogenated alkanes) is 4. The van der Waals surface area contributed by atoms with Crippen LogP contribution in [0.15, 0.2) is 48.5 Å². The highest BCUT2D eigenvalue weighted by molar-refractivity contribution is 6.03. The van der Waals surface area contributed by atoms with Crippen molar-refractivity contribution in [3.63, 3.8) is 0 Å². The molecular weight excluding hydrogens is 354 g/mol. The smallest absolute Gasteiger partial charge is 0.250 e. The van der Waals surface area contributed by atoms with E-state index in [1.807, 2.05) is 24.3 Å². The number of nitrogens with two attached hydrogens (primary N) is 1. The lowest BCUT2D eigenvalue weighted by molar-refractivity contribution is -0.114. The van der Waals surface area contributed by atoms with Gasteiger partial charge in [-0.15, -0.1) is 0 Å². The van der Waals surface area contributed by atoms with Gasteiger partial charge < -0.3 is 21.1 Å². The SMILES string of the molecule is CCCCCCCOc1ccc(NCC(=O)Nc2ccccc2C(N)=O)cc1. The van der Waals surface area contributed by atoms with Gasteiger partial charge in [-0.05, 0) is 42.8 Å². The van der Waals surface area contributed by atoms with Crippen molar-refractivity contribution in [1.82, 2.24) is 0 Å². The van der Waals surface area contributed by atoms with E-state index in [1.165, 1.54) is 25.7 Å². The Morgan fingerprint density at radius 1 is 0.964 bits per heavy atom. The van der Waals surface area contributed by atoms with Gasteiger partial charge in [-0.1, -0.05) is 44.7 Å². The molecule has 0 heterocycles. The van der Waals surface area contributed by atoms with E-state index < -0.39 is 5.91 Å². The lowest BCUT2D eigenvalue weighted by atomic mass is 10.1. The Balaban J connectivity index is 1.74. The minimum atomic E-state index is -0.579. The monoisotopic (exact) mass is 383 g/mol. The molecule has 0 atom stereocenters. The summed E-state index contributed by atoms with van der Waals surface area (Å²) in [7, 11) is 0. The van der Waals surface area contributed by atoms with E-state index in [4.69, 9.17) is 10.5 Å². The number of rotatable bonds is 12. The van der Waals surface area contributed by atoms with E-state index >= 15 is 0 Å². The van der Waals surface area contributed by atoms with Gasteiger partial charge in [-0.2, -0.15) is 0 Å². The van der Waals surface area contributed by atoms with Crippen LogP contribution in [0.3, 0.4) is 0 Å². The van der Waals surface area contributed by atoms with E-state index in [2.05, 4.69) is 17.6 Å². The normalized spacial score (nSPS) is 10.3. The molecule has 0 aliphatic heterocycles. The Bertz CT molecular complexity index is 760. The lowest BCUT2D eigenvalue weighted by Crippen LogP contribution is -2.24. The Morgan fingerprint density at radius 2 is 1.68 bits per heavy atom. The second-order valence-corrected chi connectivity index (χ2v) is 6.60. The Labute approximate surface area is 166 Å². The summed E-state index contributed by atoms with van der Waals surface area (Å²) in [5, 5.41) is 5.74. The van der Waals surface area contributed by atoms with Crippen LogP contribution < -0.4 is 21.1 Å². The van der Waals surface area contributed by atoms with Gasteiger partial charge in [-0.25, -0.2) is 0 Å². The van der Waals surface area contributed by atoms with Crippen LogP contribution in [-0.2, 0) is 4.79 Å². The summed E-state index contributed by atoms with van der Waals surface area (Å²) < 4.78 is 5.73. The number of nitrogens with one attached hydrogen (secondary N) is 2. The first-order chi connectivity index (χ1) is 13.6. The quantitative estimate of drug-likeness (QED) is 0.479. The van der Waals surface area contributed by atoms with Crippen molar-refractivity contribution in [1.29, 1.82) is 0 Å². The van der Waals surface area contributed by atoms with Crippen LogP contribution in [0.1, 0.15) is 49.4 Å². The minimum absolute atomic E-state index is 0.0741. The highest BCUT2D eigenvalue weighted by atomic mass is 16.5. The number of primary amides is 1. The van der Waals surface area contributed by atoms with Gasteiger partial charge in [0.2, 0.25) is 5.91 Å². The number of hydrogen-bond acceptors (Lipinski definition) is 4. The number of carbonyl (C=O) groups is 2. The van der Waals surface area contributed by atoms with Gasteiger partial charge in [0.1, 0.15) is 5.75 Å². The van der Waals surface area contributed by atoms with Gasteiger partial charge in [0.25, 0.3) is 5.91 Å². The summed E-state index contributed by atoms with van der Waals surface area (Å²) >= 11 is 0. The molecule has 150 valence electrons. The van der Waals surface area contributed by atoms with Crippen LogP contribution in [0.2, 0.25) is 0 Å². The number of para-hydroxylation sites is 1. The maximum Gasteiger partial charge on any atom is 0.250 e. The van der Waals surface area contributed by atoms with Gasteiger partial charge >= 0.3 is 0 Å². The Hall–Kier alpha value is -3.02. The van der Waals surface area contributed by atoms with Crippen molar-refractivity contribution < 1.29 is 14.3 Å². The summed E-state index contributed by atoms with van der Waals surface area (Å²) in [6.45, 7) is 3.00. The van der Waals surface area contributed by atoms with Gasteiger partial charge in [0, 0.05) is 5.69 Å². The molecular formula is C22H29N3O3. The van der Waals surface area contributed by atoms with Crippen LogP contribution in [0.5, 0.6) is 5.75 Å². The molecule has 4 N–H and O–H groups in total. The second kappa shape index (κ2) is 11.6. The third-order valence-corrected chi connectivity index (χ3v) is 4.29. The highest BCUT2D eigenvalue weighted by Gasteiger charge is 2.10. The van der Waals surface area contributed by atoms with Crippen molar-refractivity contribution in [2.45, 2.75) is 39.0 Å². The summed E-state index contributed by atoms with van der Waals surface area (Å²) in [6.07, 6.45) is 6.04. The molecule has 0 aliphatic rings. The van der Waals surface area contributed by atoms with E-state index in [1.54, 1.807) is 24.3 Å². The Morgan fingerprint density at radius 3 is 2.39 bits per heavy atom. The van der Waals surface area contributed by atoms with Gasteiger partial charge in [-0.3, -0.25) is 9.59 Å². The third-order valence-electron chi connectivity index (χ3n) is 4.29. The van der Waals surface area contributed by atoms with Crippen LogP contribution in [0.4, 0.5) is 11.4 Å². The number of anilines is 2. The average Bonchev–Trinajstić information content (AvgIpc) is 2.70. The molecule has 6 heteroatoms. The van der Waals surface area contributed by atoms with Gasteiger partial charge in [0.05, 0.1) is 24.4 Å². The molecule has 0 saturated heterocycles. The minimum Gasteiger partial charge on any atom is -0.494 e. The molecule has 28 heavy (non-hydrogen) atoms. The molecule has 0 aromatic heterocycles. The van der Waals surface area contributed by atoms with Crippen molar-refractivity contribution in [3.05, 3.63) is 54.1 Å². The molecule has 6 nitrogen and oxygen atoms in total. The maximum atomic E-state index is 12.1. The molecule has 0 aliphatic carbocycles. The first-order valence-corrected chi connectivity index (χ1v) is 9.75. The predicted octanol–water partition coefficient (Wildman–Crippen LogP) is 4.19. The van der Waals surface area contributed by atoms with Crippen molar-refractivity contribution >= 4 is 23.2 Å². The number of ether oxygens (including phenoxy) is 1. The zero-order chi connectivity index (χ0) is 20.2. The summed E-state index contributed by atoms with van der Waals surface area (Å²) in [5.74, 6) is -0.0215. The topological polar surface area (TPSA) is 93.4 Å². The molecule has 0 fully saturated rings. The summed E-state index contributed by atoms with van der Waals surface area (Å²) in [6, 6.07) is 14.2. The fraction of sp³-hybridized carbons (Fsp3) is 0.364. The number of carbonyl (C=O) groups excluding carboxylic acids is 2. The number of hydrogen-bond donors (Lipinski definition) is 3. The number of amides is 2. The lowest BCUT2D eigenvalue weighted by Gasteiger charge is -2.11. The highest BCUT2D eigenvalue weighted by Crippen LogP contribution is 2.17. The van der Waals surface area contributed by atoms with Crippen LogP contribution in [0, 0.1) is 0 Å². The molecule has 0 bridgehead atoms. The largest absolute Gasteiger partial charge is 0.494 e. The zero-order valence-electron chi connectivity index (χ0n) is 16.4. The summed E-state index contributed by atoms with van der Waals surface area (Å²) in [5.41, 5.74) is 6.82. The molecule has 0 spiro atoms. The fourth-order valence-corrected chi connectivity index (χ4v) is 2.75. The standard InChI is InChI=1S/C22H29N3O3/c1-2-3-4-5-8-15-28-18-13-11-17(12-14-18)24-16-21(26)25-20-10-7-6-9-19(20)22(23)27/h6-7,9-14,24H,2-5,8,15-16H2,1H3,(H2,23,27)(H,25,26). The van der Waals surface area contributed by atoms with E-state index in [9.17, 15) is 9.59 Å². The van der Waals surface area contributed by atoms with Gasteiger partial charge in [0.15, 0.2) is 0 Å². The molecule has 0 saturated carbocycles. The summed E-state index contributed by atoms with van der Waals surface area (Å²) in [4.78, 5) is 23.5. The van der Waals surface area contributed by atoms with Crippen LogP contribution >= 0.6 is 0 Å². The average molecular weight is 383 g/mol. The first kappa shape index (κ1) is 21.3. The molecule has 2 amide bonds. The van der Waals surface area contributed by atoms with Crippen LogP contribution in [-0.4, -0.2) is 25.0 Å². The fourth-order valence-electron chi connectivity index (χ4n) is 2.75. The molecule has 2 aromatic rings. The van der Waals surface area contributed by atoms with E-state index in [0.717, 1.165) is 24.5 Å². The van der Waals surface area contributed by atoms with E-state index in [0.29, 0.717) is 5.69 Å². The van der Waals surface area contributed by atoms with Crippen molar-refractivity contribution in [2.24, 2.45) is 5.73 Å². The molecule has 2 aromatic carbocycles. The predicted molar refractivity (Wildman–Crippen MR) is 113 cm³/mol. The number of benzene rings is 2. The molecule has 0 unspecified atom stereocenters. The zero-order valence-corrected chi connectivity index (χ0v) is 16.4. The van der Waals surface area contributed by atoms with Crippen molar-refractivity contribution in [2.75, 3.05) is 23.8 Å². The first-order valence-electron chi connectivity index (χ1n) is 9.75. The second-order valence-electron chi connectivity index (χ2n) is 6.60. The van der Waals surface area contributed by atoms with Crippen LogP contribution in [0.25, 0.3) is 0 Å². The maximum absolute atomic E-state index is 12.1. The Kier molecular flexibility index (Phi) is 8.85. The molecule has 0 radical (unpaired) electrons. The molecule has 2 rings (SSSR count). The van der Waals surface area contributed by atoms with E-state index in [-0.39, 0.29) is 18.0 Å². The van der Waals surface area contributed by atoms with Crippen molar-refractivity contribution in [3.8, 4) is 5.75 Å².